The number of halogens is 2. The standard InChI is InChI=1S/C26H25ClFN3O5/c1-15(32)29-20-6-7-21-17(10-20)8-9-26(21)24(34)31(25(35)36-26)14-23(33)30(12-16-2-3-16)13-18-4-5-19(28)11-22(18)27/h4-7,10-11,16H,2-3,8-9,12-14H2,1H3,(H,29,32)/t26-/m1/s1. The molecule has 4 amide bonds. The molecule has 1 saturated heterocycles. The number of hydrogen-bond donors (Lipinski definition) is 1. The fraction of sp³-hybridized carbons (Fsp3) is 0.385. The summed E-state index contributed by atoms with van der Waals surface area (Å²) < 4.78 is 19.1. The summed E-state index contributed by atoms with van der Waals surface area (Å²) >= 11 is 6.18. The molecule has 188 valence electrons. The van der Waals surface area contributed by atoms with Crippen molar-refractivity contribution in [3.8, 4) is 0 Å². The largest absolute Gasteiger partial charge is 0.427 e. The van der Waals surface area contributed by atoms with Crippen molar-refractivity contribution in [2.75, 3.05) is 18.4 Å². The van der Waals surface area contributed by atoms with Gasteiger partial charge >= 0.3 is 6.09 Å². The smallest absolute Gasteiger partial charge is 0.418 e. The van der Waals surface area contributed by atoms with Crippen LogP contribution in [0, 0.1) is 11.7 Å². The Kier molecular flexibility index (Phi) is 6.20. The van der Waals surface area contributed by atoms with E-state index in [-0.39, 0.29) is 23.9 Å². The zero-order chi connectivity index (χ0) is 25.6. The van der Waals surface area contributed by atoms with Crippen LogP contribution in [0.1, 0.15) is 42.9 Å². The molecule has 3 aliphatic rings. The maximum absolute atomic E-state index is 13.5. The molecule has 0 unspecified atom stereocenters. The lowest BCUT2D eigenvalue weighted by Gasteiger charge is -2.25. The molecular formula is C26H25ClFN3O5. The minimum atomic E-state index is -1.47. The summed E-state index contributed by atoms with van der Waals surface area (Å²) in [5.74, 6) is -1.32. The number of carbonyl (C=O) groups excluding carboxylic acids is 4. The summed E-state index contributed by atoms with van der Waals surface area (Å²) in [6.07, 6.45) is 1.87. The van der Waals surface area contributed by atoms with Crippen LogP contribution in [0.25, 0.3) is 0 Å². The van der Waals surface area contributed by atoms with Gasteiger partial charge in [-0.1, -0.05) is 23.7 Å². The molecule has 2 fully saturated rings. The van der Waals surface area contributed by atoms with Gasteiger partial charge in [-0.05, 0) is 60.6 Å². The van der Waals surface area contributed by atoms with Crippen LogP contribution in [0.2, 0.25) is 5.02 Å². The van der Waals surface area contributed by atoms with Gasteiger partial charge in [-0.2, -0.15) is 0 Å². The molecule has 1 N–H and O–H groups in total. The molecule has 0 radical (unpaired) electrons. The highest BCUT2D eigenvalue weighted by Crippen LogP contribution is 2.46. The van der Waals surface area contributed by atoms with Gasteiger partial charge in [0.25, 0.3) is 5.91 Å². The third-order valence-electron chi connectivity index (χ3n) is 6.88. The minimum Gasteiger partial charge on any atom is -0.427 e. The van der Waals surface area contributed by atoms with Gasteiger partial charge in [0.1, 0.15) is 12.4 Å². The van der Waals surface area contributed by atoms with Crippen molar-refractivity contribution in [3.05, 3.63) is 63.9 Å². The predicted octanol–water partition coefficient (Wildman–Crippen LogP) is 4.00. The number of benzene rings is 2. The van der Waals surface area contributed by atoms with E-state index in [1.54, 1.807) is 23.1 Å². The van der Waals surface area contributed by atoms with E-state index in [9.17, 15) is 23.6 Å². The van der Waals surface area contributed by atoms with E-state index in [0.29, 0.717) is 35.7 Å². The van der Waals surface area contributed by atoms with E-state index < -0.39 is 35.9 Å². The Balaban J connectivity index is 1.34. The SMILES string of the molecule is CC(=O)Nc1ccc2c(c1)CC[C@@]21OC(=O)N(CC(=O)N(Cc2ccc(F)cc2Cl)CC2CC2)C1=O. The van der Waals surface area contributed by atoms with Crippen LogP contribution in [-0.4, -0.2) is 46.7 Å². The van der Waals surface area contributed by atoms with Crippen LogP contribution < -0.4 is 5.32 Å². The number of rotatable bonds is 7. The number of nitrogens with zero attached hydrogens (tertiary/aromatic N) is 2. The van der Waals surface area contributed by atoms with Crippen LogP contribution in [0.3, 0.4) is 0 Å². The van der Waals surface area contributed by atoms with E-state index in [0.717, 1.165) is 23.3 Å². The first kappa shape index (κ1) is 24.2. The number of ether oxygens (including phenoxy) is 1. The summed E-state index contributed by atoms with van der Waals surface area (Å²) in [4.78, 5) is 53.4. The van der Waals surface area contributed by atoms with Crippen molar-refractivity contribution >= 4 is 41.1 Å². The quantitative estimate of drug-likeness (QED) is 0.604. The van der Waals surface area contributed by atoms with Crippen molar-refractivity contribution in [2.45, 2.75) is 44.8 Å². The number of amides is 4. The second-order valence-electron chi connectivity index (χ2n) is 9.59. The van der Waals surface area contributed by atoms with Crippen molar-refractivity contribution in [3.63, 3.8) is 0 Å². The molecule has 5 rings (SSSR count). The van der Waals surface area contributed by atoms with Gasteiger partial charge in [-0.15, -0.1) is 0 Å². The van der Waals surface area contributed by atoms with Crippen LogP contribution in [0.15, 0.2) is 36.4 Å². The maximum atomic E-state index is 13.5. The highest BCUT2D eigenvalue weighted by molar-refractivity contribution is 6.31. The van der Waals surface area contributed by atoms with Crippen LogP contribution in [0.4, 0.5) is 14.9 Å². The minimum absolute atomic E-state index is 0.144. The fourth-order valence-electron chi connectivity index (χ4n) is 4.89. The van der Waals surface area contributed by atoms with E-state index >= 15 is 0 Å². The first-order chi connectivity index (χ1) is 17.2. The number of fused-ring (bicyclic) bond motifs is 2. The van der Waals surface area contributed by atoms with E-state index in [1.807, 2.05) is 0 Å². The van der Waals surface area contributed by atoms with Gasteiger partial charge in [0.05, 0.1) is 0 Å². The second kappa shape index (κ2) is 9.20. The van der Waals surface area contributed by atoms with Crippen molar-refractivity contribution < 1.29 is 28.3 Å². The first-order valence-corrected chi connectivity index (χ1v) is 12.2. The molecule has 2 aromatic rings. The summed E-state index contributed by atoms with van der Waals surface area (Å²) in [6, 6.07) is 9.10. The Hall–Kier alpha value is -3.46. The number of anilines is 1. The Morgan fingerprint density at radius 3 is 2.69 bits per heavy atom. The molecule has 1 aliphatic heterocycles. The average Bonchev–Trinajstić information content (AvgIpc) is 3.52. The lowest BCUT2D eigenvalue weighted by molar-refractivity contribution is -0.142. The number of carbonyl (C=O) groups is 4. The number of aryl methyl sites for hydroxylation is 1. The molecule has 0 aromatic heterocycles. The average molecular weight is 514 g/mol. The van der Waals surface area contributed by atoms with Crippen LogP contribution in [0.5, 0.6) is 0 Å². The Bertz CT molecular complexity index is 1280. The molecule has 1 heterocycles. The van der Waals surface area contributed by atoms with Crippen LogP contribution >= 0.6 is 11.6 Å². The molecule has 10 heteroatoms. The fourth-order valence-corrected chi connectivity index (χ4v) is 5.12. The van der Waals surface area contributed by atoms with Crippen molar-refractivity contribution in [1.82, 2.24) is 9.80 Å². The van der Waals surface area contributed by atoms with Gasteiger partial charge in [0, 0.05) is 42.7 Å². The second-order valence-corrected chi connectivity index (χ2v) is 10.00. The Morgan fingerprint density at radius 2 is 2.00 bits per heavy atom. The zero-order valence-corrected chi connectivity index (χ0v) is 20.4. The number of nitrogens with one attached hydrogen (secondary N) is 1. The summed E-state index contributed by atoms with van der Waals surface area (Å²) in [7, 11) is 0. The van der Waals surface area contributed by atoms with Crippen molar-refractivity contribution in [1.29, 1.82) is 0 Å². The van der Waals surface area contributed by atoms with Crippen molar-refractivity contribution in [2.24, 2.45) is 5.92 Å². The molecule has 8 nitrogen and oxygen atoms in total. The zero-order valence-electron chi connectivity index (χ0n) is 19.7. The summed E-state index contributed by atoms with van der Waals surface area (Å²) in [6.45, 7) is 1.56. The molecule has 2 aliphatic carbocycles. The topological polar surface area (TPSA) is 96.0 Å². The predicted molar refractivity (Wildman–Crippen MR) is 128 cm³/mol. The van der Waals surface area contributed by atoms with Gasteiger partial charge in [0.15, 0.2) is 0 Å². The number of imide groups is 1. The third kappa shape index (κ3) is 4.55. The first-order valence-electron chi connectivity index (χ1n) is 11.8. The third-order valence-corrected chi connectivity index (χ3v) is 7.23. The molecular weight excluding hydrogens is 489 g/mol. The van der Waals surface area contributed by atoms with Gasteiger partial charge in [-0.3, -0.25) is 14.4 Å². The molecule has 1 spiro atoms. The number of hydrogen-bond acceptors (Lipinski definition) is 5. The maximum Gasteiger partial charge on any atom is 0.418 e. The highest BCUT2D eigenvalue weighted by Gasteiger charge is 2.58. The van der Waals surface area contributed by atoms with E-state index in [4.69, 9.17) is 16.3 Å². The Morgan fingerprint density at radius 1 is 1.22 bits per heavy atom. The molecule has 2 aromatic carbocycles. The molecule has 0 bridgehead atoms. The van der Waals surface area contributed by atoms with Gasteiger partial charge in [-0.25, -0.2) is 14.1 Å². The lowest BCUT2D eigenvalue weighted by Crippen LogP contribution is -2.45. The van der Waals surface area contributed by atoms with Crippen LogP contribution in [-0.2, 0) is 37.7 Å². The lowest BCUT2D eigenvalue weighted by atomic mass is 9.94. The molecule has 1 saturated carbocycles. The molecule has 36 heavy (non-hydrogen) atoms. The highest BCUT2D eigenvalue weighted by atomic mass is 35.5. The summed E-state index contributed by atoms with van der Waals surface area (Å²) in [5, 5.41) is 2.91. The monoisotopic (exact) mass is 513 g/mol. The molecule has 1 atom stereocenters. The summed E-state index contributed by atoms with van der Waals surface area (Å²) in [5.41, 5.74) is 1.08. The Labute approximate surface area is 212 Å². The van der Waals surface area contributed by atoms with E-state index in [2.05, 4.69) is 5.32 Å². The van der Waals surface area contributed by atoms with Gasteiger partial charge < -0.3 is 15.0 Å². The normalized spacial score (nSPS) is 20.5. The van der Waals surface area contributed by atoms with E-state index in [1.165, 1.54) is 25.1 Å². The van der Waals surface area contributed by atoms with Gasteiger partial charge in [0.2, 0.25) is 17.4 Å².